The first-order valence-corrected chi connectivity index (χ1v) is 5.42. The van der Waals surface area contributed by atoms with E-state index >= 15 is 0 Å². The van der Waals surface area contributed by atoms with Crippen LogP contribution in [0.2, 0.25) is 0 Å². The second-order valence-corrected chi connectivity index (χ2v) is 4.26. The van der Waals surface area contributed by atoms with Crippen molar-refractivity contribution in [2.75, 3.05) is 5.32 Å². The standard InChI is InChI=1S/C12H15FN2O3/c1-6(2)10(14)11(16)15-7-3-4-9(13)8(5-7)12(17)18/h3-6,10H,14H2,1-2H3,(H,15,16)(H,17,18)/t10-/m1/s1. The number of nitrogens with one attached hydrogen (secondary N) is 1. The van der Waals surface area contributed by atoms with Gasteiger partial charge in [-0.3, -0.25) is 4.79 Å². The molecule has 0 saturated heterocycles. The summed E-state index contributed by atoms with van der Waals surface area (Å²) in [5.74, 6) is -2.73. The predicted octanol–water partition coefficient (Wildman–Crippen LogP) is 1.45. The van der Waals surface area contributed by atoms with E-state index in [1.807, 2.05) is 0 Å². The van der Waals surface area contributed by atoms with Crippen molar-refractivity contribution in [2.24, 2.45) is 11.7 Å². The molecule has 4 N–H and O–H groups in total. The number of anilines is 1. The lowest BCUT2D eigenvalue weighted by molar-refractivity contribution is -0.118. The summed E-state index contributed by atoms with van der Waals surface area (Å²) >= 11 is 0. The van der Waals surface area contributed by atoms with Gasteiger partial charge in [0.25, 0.3) is 0 Å². The number of amides is 1. The van der Waals surface area contributed by atoms with Crippen LogP contribution < -0.4 is 11.1 Å². The number of halogens is 1. The van der Waals surface area contributed by atoms with Gasteiger partial charge >= 0.3 is 5.97 Å². The van der Waals surface area contributed by atoms with Gasteiger partial charge in [0.2, 0.25) is 5.91 Å². The second kappa shape index (κ2) is 5.59. The van der Waals surface area contributed by atoms with Crippen LogP contribution in [0.25, 0.3) is 0 Å². The summed E-state index contributed by atoms with van der Waals surface area (Å²) in [6, 6.07) is 2.62. The topological polar surface area (TPSA) is 92.4 Å². The minimum Gasteiger partial charge on any atom is -0.478 e. The second-order valence-electron chi connectivity index (χ2n) is 4.26. The van der Waals surface area contributed by atoms with Crippen molar-refractivity contribution in [1.29, 1.82) is 0 Å². The predicted molar refractivity (Wildman–Crippen MR) is 64.8 cm³/mol. The van der Waals surface area contributed by atoms with E-state index in [-0.39, 0.29) is 11.6 Å². The minimum atomic E-state index is -1.39. The molecule has 1 aromatic rings. The molecule has 0 aliphatic heterocycles. The normalized spacial score (nSPS) is 12.3. The SMILES string of the molecule is CC(C)[C@@H](N)C(=O)Nc1ccc(F)c(C(=O)O)c1. The first kappa shape index (κ1) is 14.1. The molecular weight excluding hydrogens is 239 g/mol. The van der Waals surface area contributed by atoms with Crippen molar-refractivity contribution < 1.29 is 19.1 Å². The summed E-state index contributed by atoms with van der Waals surface area (Å²) in [6.45, 7) is 3.58. The van der Waals surface area contributed by atoms with E-state index in [1.54, 1.807) is 13.8 Å². The van der Waals surface area contributed by atoms with Crippen LogP contribution in [0.5, 0.6) is 0 Å². The zero-order chi connectivity index (χ0) is 13.9. The van der Waals surface area contributed by atoms with Crippen LogP contribution in [0.3, 0.4) is 0 Å². The van der Waals surface area contributed by atoms with Gasteiger partial charge in [0.1, 0.15) is 5.82 Å². The molecule has 18 heavy (non-hydrogen) atoms. The number of hydrogen-bond acceptors (Lipinski definition) is 3. The van der Waals surface area contributed by atoms with E-state index in [2.05, 4.69) is 5.32 Å². The number of carbonyl (C=O) groups is 2. The highest BCUT2D eigenvalue weighted by molar-refractivity contribution is 5.96. The van der Waals surface area contributed by atoms with E-state index < -0.39 is 29.3 Å². The lowest BCUT2D eigenvalue weighted by atomic mass is 10.0. The van der Waals surface area contributed by atoms with E-state index in [9.17, 15) is 14.0 Å². The molecule has 0 unspecified atom stereocenters. The molecule has 0 spiro atoms. The van der Waals surface area contributed by atoms with Crippen LogP contribution in [-0.2, 0) is 4.79 Å². The smallest absolute Gasteiger partial charge is 0.338 e. The van der Waals surface area contributed by atoms with Crippen molar-refractivity contribution in [3.8, 4) is 0 Å². The monoisotopic (exact) mass is 254 g/mol. The maximum atomic E-state index is 13.1. The Morgan fingerprint density at radius 1 is 1.39 bits per heavy atom. The van der Waals surface area contributed by atoms with Crippen LogP contribution >= 0.6 is 0 Å². The van der Waals surface area contributed by atoms with Crippen molar-refractivity contribution in [1.82, 2.24) is 0 Å². The molecule has 6 heteroatoms. The molecule has 0 bridgehead atoms. The van der Waals surface area contributed by atoms with Crippen molar-refractivity contribution in [2.45, 2.75) is 19.9 Å². The van der Waals surface area contributed by atoms with E-state index in [1.165, 1.54) is 6.07 Å². The molecule has 1 atom stereocenters. The zero-order valence-corrected chi connectivity index (χ0v) is 10.1. The Balaban J connectivity index is 2.89. The average molecular weight is 254 g/mol. The Kier molecular flexibility index (Phi) is 4.38. The summed E-state index contributed by atoms with van der Waals surface area (Å²) in [4.78, 5) is 22.4. The highest BCUT2D eigenvalue weighted by Gasteiger charge is 2.18. The van der Waals surface area contributed by atoms with Crippen LogP contribution in [0, 0.1) is 11.7 Å². The largest absolute Gasteiger partial charge is 0.478 e. The van der Waals surface area contributed by atoms with E-state index in [4.69, 9.17) is 10.8 Å². The zero-order valence-electron chi connectivity index (χ0n) is 10.1. The van der Waals surface area contributed by atoms with Gasteiger partial charge < -0.3 is 16.2 Å². The highest BCUT2D eigenvalue weighted by atomic mass is 19.1. The van der Waals surface area contributed by atoms with Gasteiger partial charge in [-0.2, -0.15) is 0 Å². The number of carboxylic acid groups (broad SMARTS) is 1. The summed E-state index contributed by atoms with van der Waals surface area (Å²) in [7, 11) is 0. The fraction of sp³-hybridized carbons (Fsp3) is 0.333. The van der Waals surface area contributed by atoms with Gasteiger partial charge in [0, 0.05) is 5.69 Å². The average Bonchev–Trinajstić information content (AvgIpc) is 2.29. The number of aromatic carboxylic acids is 1. The molecular formula is C12H15FN2O3. The molecule has 0 fully saturated rings. The Morgan fingerprint density at radius 3 is 2.50 bits per heavy atom. The molecule has 1 aromatic carbocycles. The van der Waals surface area contributed by atoms with Gasteiger partial charge in [-0.1, -0.05) is 13.8 Å². The molecule has 98 valence electrons. The highest BCUT2D eigenvalue weighted by Crippen LogP contribution is 2.15. The number of benzene rings is 1. The molecule has 5 nitrogen and oxygen atoms in total. The first-order valence-electron chi connectivity index (χ1n) is 5.42. The molecule has 0 aromatic heterocycles. The third-order valence-electron chi connectivity index (χ3n) is 2.49. The Morgan fingerprint density at radius 2 is 2.00 bits per heavy atom. The molecule has 1 rings (SSSR count). The number of hydrogen-bond donors (Lipinski definition) is 3. The van der Waals surface area contributed by atoms with E-state index in [0.29, 0.717) is 0 Å². The van der Waals surface area contributed by atoms with Crippen LogP contribution in [0.15, 0.2) is 18.2 Å². The Hall–Kier alpha value is -1.95. The molecule has 1 amide bonds. The lowest BCUT2D eigenvalue weighted by Gasteiger charge is -2.15. The molecule has 0 heterocycles. The third kappa shape index (κ3) is 3.27. The van der Waals surface area contributed by atoms with Crippen molar-refractivity contribution in [3.63, 3.8) is 0 Å². The van der Waals surface area contributed by atoms with E-state index in [0.717, 1.165) is 12.1 Å². The van der Waals surface area contributed by atoms with Crippen molar-refractivity contribution >= 4 is 17.6 Å². The summed E-state index contributed by atoms with van der Waals surface area (Å²) in [5, 5.41) is 11.2. The molecule has 0 aliphatic carbocycles. The number of rotatable bonds is 4. The first-order chi connectivity index (χ1) is 8.32. The number of nitrogens with two attached hydrogens (primary N) is 1. The van der Waals surface area contributed by atoms with Crippen molar-refractivity contribution in [3.05, 3.63) is 29.6 Å². The fourth-order valence-electron chi connectivity index (χ4n) is 1.30. The quantitative estimate of drug-likeness (QED) is 0.758. The van der Waals surface area contributed by atoms with Gasteiger partial charge in [0.05, 0.1) is 11.6 Å². The van der Waals surface area contributed by atoms with Crippen LogP contribution in [-0.4, -0.2) is 23.0 Å². The van der Waals surface area contributed by atoms with Gasteiger partial charge in [-0.05, 0) is 24.1 Å². The summed E-state index contributed by atoms with van der Waals surface area (Å²) < 4.78 is 13.1. The maximum absolute atomic E-state index is 13.1. The lowest BCUT2D eigenvalue weighted by Crippen LogP contribution is -2.39. The Labute approximate surface area is 104 Å². The van der Waals surface area contributed by atoms with Crippen LogP contribution in [0.4, 0.5) is 10.1 Å². The number of carboxylic acids is 1. The maximum Gasteiger partial charge on any atom is 0.338 e. The third-order valence-corrected chi connectivity index (χ3v) is 2.49. The summed E-state index contributed by atoms with van der Waals surface area (Å²) in [6.07, 6.45) is 0. The molecule has 0 aliphatic rings. The summed E-state index contributed by atoms with van der Waals surface area (Å²) in [5.41, 5.74) is 5.34. The van der Waals surface area contributed by atoms with Crippen LogP contribution in [0.1, 0.15) is 24.2 Å². The van der Waals surface area contributed by atoms with Gasteiger partial charge in [-0.15, -0.1) is 0 Å². The molecule has 0 saturated carbocycles. The van der Waals surface area contributed by atoms with Gasteiger partial charge in [0.15, 0.2) is 0 Å². The molecule has 0 radical (unpaired) electrons. The fourth-order valence-corrected chi connectivity index (χ4v) is 1.30. The van der Waals surface area contributed by atoms with Gasteiger partial charge in [-0.25, -0.2) is 9.18 Å². The Bertz CT molecular complexity index is 474. The number of carbonyl (C=O) groups excluding carboxylic acids is 1. The minimum absolute atomic E-state index is 0.0515.